The zero-order valence-corrected chi connectivity index (χ0v) is 10.4. The van der Waals surface area contributed by atoms with Gasteiger partial charge >= 0.3 is 11.9 Å². The Labute approximate surface area is 109 Å². The van der Waals surface area contributed by atoms with E-state index in [1.54, 1.807) is 0 Å². The van der Waals surface area contributed by atoms with Crippen LogP contribution < -0.4 is 16.4 Å². The maximum Gasteiger partial charge on any atom is 0.325 e. The van der Waals surface area contributed by atoms with Gasteiger partial charge in [-0.15, -0.1) is 0 Å². The van der Waals surface area contributed by atoms with Gasteiger partial charge in [-0.3, -0.25) is 19.2 Å². The molecule has 0 aromatic rings. The Morgan fingerprint density at radius 3 is 2.16 bits per heavy atom. The number of aliphatic carboxylic acids is 2. The van der Waals surface area contributed by atoms with Crippen LogP contribution in [0.4, 0.5) is 0 Å². The fourth-order valence-corrected chi connectivity index (χ4v) is 1.17. The molecule has 0 saturated heterocycles. The van der Waals surface area contributed by atoms with Crippen molar-refractivity contribution in [2.45, 2.75) is 31.8 Å². The molecule has 0 aliphatic rings. The van der Waals surface area contributed by atoms with E-state index in [9.17, 15) is 19.2 Å². The second kappa shape index (κ2) is 8.03. The molecule has 9 heteroatoms. The van der Waals surface area contributed by atoms with Gasteiger partial charge in [-0.25, -0.2) is 0 Å². The lowest BCUT2D eigenvalue weighted by Crippen LogP contribution is -2.51. The van der Waals surface area contributed by atoms with Crippen LogP contribution in [0.3, 0.4) is 0 Å². The second-order valence-corrected chi connectivity index (χ2v) is 3.83. The molecule has 2 atom stereocenters. The molecule has 6 N–H and O–H groups in total. The topological polar surface area (TPSA) is 159 Å². The first-order chi connectivity index (χ1) is 8.77. The Morgan fingerprint density at radius 1 is 1.16 bits per heavy atom. The van der Waals surface area contributed by atoms with E-state index >= 15 is 0 Å². The van der Waals surface area contributed by atoms with Crippen molar-refractivity contribution in [3.05, 3.63) is 0 Å². The number of nitrogens with two attached hydrogens (primary N) is 1. The first-order valence-corrected chi connectivity index (χ1v) is 5.52. The Balaban J connectivity index is 4.61. The Kier molecular flexibility index (Phi) is 7.12. The summed E-state index contributed by atoms with van der Waals surface area (Å²) in [5, 5.41) is 21.6. The monoisotopic (exact) mass is 275 g/mol. The average Bonchev–Trinajstić information content (AvgIpc) is 2.33. The van der Waals surface area contributed by atoms with Crippen LogP contribution in [-0.2, 0) is 19.2 Å². The quantitative estimate of drug-likeness (QED) is 0.338. The predicted octanol–water partition coefficient (Wildman–Crippen LogP) is -2.12. The van der Waals surface area contributed by atoms with Gasteiger partial charge in [0.1, 0.15) is 12.1 Å². The van der Waals surface area contributed by atoms with Crippen molar-refractivity contribution in [3.63, 3.8) is 0 Å². The summed E-state index contributed by atoms with van der Waals surface area (Å²) in [5.41, 5.74) is 5.07. The summed E-state index contributed by atoms with van der Waals surface area (Å²) in [6, 6.07) is -2.27. The van der Waals surface area contributed by atoms with E-state index in [-0.39, 0.29) is 19.4 Å². The van der Waals surface area contributed by atoms with Gasteiger partial charge in [0.2, 0.25) is 11.8 Å². The molecular weight excluding hydrogens is 258 g/mol. The molecule has 2 unspecified atom stereocenters. The third-order valence-electron chi connectivity index (χ3n) is 2.21. The molecule has 0 radical (unpaired) electrons. The zero-order valence-electron chi connectivity index (χ0n) is 10.4. The molecule has 0 heterocycles. The number of rotatable bonds is 8. The molecular formula is C10H17N3O6. The van der Waals surface area contributed by atoms with Crippen molar-refractivity contribution >= 4 is 23.8 Å². The molecule has 0 fully saturated rings. The predicted molar refractivity (Wildman–Crippen MR) is 63.1 cm³/mol. The first-order valence-electron chi connectivity index (χ1n) is 5.52. The Hall–Kier alpha value is -2.16. The van der Waals surface area contributed by atoms with E-state index in [4.69, 9.17) is 15.9 Å². The molecule has 2 amide bonds. The SMILES string of the molecule is CC(NC(=O)C(CCC(=O)O)NC(=O)CN)C(=O)O. The molecule has 9 nitrogen and oxygen atoms in total. The van der Waals surface area contributed by atoms with Crippen molar-refractivity contribution in [2.75, 3.05) is 6.54 Å². The van der Waals surface area contributed by atoms with Crippen molar-refractivity contribution < 1.29 is 29.4 Å². The molecule has 0 aliphatic carbocycles. The molecule has 0 rings (SSSR count). The molecule has 0 aromatic heterocycles. The molecule has 0 bridgehead atoms. The molecule has 0 aromatic carbocycles. The summed E-state index contributed by atoms with van der Waals surface area (Å²) in [4.78, 5) is 43.8. The van der Waals surface area contributed by atoms with Crippen LogP contribution in [0.25, 0.3) is 0 Å². The second-order valence-electron chi connectivity index (χ2n) is 3.83. The summed E-state index contributed by atoms with van der Waals surface area (Å²) in [5.74, 6) is -3.77. The number of carboxylic acids is 2. The van der Waals surface area contributed by atoms with Crippen LogP contribution >= 0.6 is 0 Å². The highest BCUT2D eigenvalue weighted by atomic mass is 16.4. The lowest BCUT2D eigenvalue weighted by molar-refractivity contribution is -0.142. The van der Waals surface area contributed by atoms with Gasteiger partial charge < -0.3 is 26.6 Å². The van der Waals surface area contributed by atoms with Gasteiger partial charge in [-0.2, -0.15) is 0 Å². The number of carbonyl (C=O) groups is 4. The van der Waals surface area contributed by atoms with E-state index in [1.165, 1.54) is 6.92 Å². The van der Waals surface area contributed by atoms with Gasteiger partial charge in [0.15, 0.2) is 0 Å². The van der Waals surface area contributed by atoms with Crippen molar-refractivity contribution in [3.8, 4) is 0 Å². The first kappa shape index (κ1) is 16.8. The molecule has 108 valence electrons. The normalized spacial score (nSPS) is 13.2. The highest BCUT2D eigenvalue weighted by Crippen LogP contribution is 1.99. The third kappa shape index (κ3) is 6.99. The number of hydrogen-bond donors (Lipinski definition) is 5. The van der Waals surface area contributed by atoms with Crippen LogP contribution in [0.15, 0.2) is 0 Å². The number of amides is 2. The van der Waals surface area contributed by atoms with Crippen LogP contribution in [-0.4, -0.2) is 52.6 Å². The van der Waals surface area contributed by atoms with Crippen LogP contribution in [0, 0.1) is 0 Å². The summed E-state index contributed by atoms with van der Waals surface area (Å²) in [6.45, 7) is 0.893. The minimum Gasteiger partial charge on any atom is -0.481 e. The minimum absolute atomic E-state index is 0.154. The van der Waals surface area contributed by atoms with E-state index in [0.717, 1.165) is 0 Å². The third-order valence-corrected chi connectivity index (χ3v) is 2.21. The van der Waals surface area contributed by atoms with Crippen molar-refractivity contribution in [1.82, 2.24) is 10.6 Å². The van der Waals surface area contributed by atoms with Gasteiger partial charge in [-0.05, 0) is 13.3 Å². The van der Waals surface area contributed by atoms with Gasteiger partial charge in [0.25, 0.3) is 0 Å². The van der Waals surface area contributed by atoms with Gasteiger partial charge in [-0.1, -0.05) is 0 Å². The van der Waals surface area contributed by atoms with Crippen molar-refractivity contribution in [2.24, 2.45) is 5.73 Å². The Bertz CT molecular complexity index is 370. The maximum absolute atomic E-state index is 11.7. The number of hydrogen-bond acceptors (Lipinski definition) is 5. The van der Waals surface area contributed by atoms with Crippen LogP contribution in [0.2, 0.25) is 0 Å². The van der Waals surface area contributed by atoms with E-state index in [0.29, 0.717) is 0 Å². The minimum atomic E-state index is -1.24. The fraction of sp³-hybridized carbons (Fsp3) is 0.600. The van der Waals surface area contributed by atoms with E-state index in [1.807, 2.05) is 0 Å². The molecule has 0 saturated carbocycles. The lowest BCUT2D eigenvalue weighted by Gasteiger charge is -2.19. The highest BCUT2D eigenvalue weighted by Gasteiger charge is 2.24. The van der Waals surface area contributed by atoms with E-state index < -0.39 is 35.8 Å². The number of nitrogens with one attached hydrogen (secondary N) is 2. The number of carboxylic acid groups (broad SMARTS) is 2. The zero-order chi connectivity index (χ0) is 15.0. The average molecular weight is 275 g/mol. The van der Waals surface area contributed by atoms with Crippen LogP contribution in [0.1, 0.15) is 19.8 Å². The summed E-state index contributed by atoms with van der Waals surface area (Å²) >= 11 is 0. The lowest BCUT2D eigenvalue weighted by atomic mass is 10.1. The molecule has 0 aliphatic heterocycles. The summed E-state index contributed by atoms with van der Waals surface area (Å²) < 4.78 is 0. The Morgan fingerprint density at radius 2 is 1.74 bits per heavy atom. The van der Waals surface area contributed by atoms with Crippen molar-refractivity contribution in [1.29, 1.82) is 0 Å². The smallest absolute Gasteiger partial charge is 0.325 e. The highest BCUT2D eigenvalue weighted by molar-refractivity contribution is 5.90. The van der Waals surface area contributed by atoms with E-state index in [2.05, 4.69) is 10.6 Å². The summed E-state index contributed by atoms with van der Waals surface area (Å²) in [6.07, 6.45) is -0.496. The fourth-order valence-electron chi connectivity index (χ4n) is 1.17. The maximum atomic E-state index is 11.7. The van der Waals surface area contributed by atoms with Gasteiger partial charge in [0, 0.05) is 6.42 Å². The largest absolute Gasteiger partial charge is 0.481 e. The summed E-state index contributed by atoms with van der Waals surface area (Å²) in [7, 11) is 0. The van der Waals surface area contributed by atoms with Gasteiger partial charge in [0.05, 0.1) is 6.54 Å². The standard InChI is InChI=1S/C10H17N3O6/c1-5(10(18)19)12-9(17)6(2-3-8(15)16)13-7(14)4-11/h5-6H,2-4,11H2,1H3,(H,12,17)(H,13,14)(H,15,16)(H,18,19). The van der Waals surface area contributed by atoms with Crippen LogP contribution in [0.5, 0.6) is 0 Å². The molecule has 0 spiro atoms. The number of carbonyl (C=O) groups excluding carboxylic acids is 2. The molecule has 19 heavy (non-hydrogen) atoms.